The van der Waals surface area contributed by atoms with Gasteiger partial charge in [-0.15, -0.1) is 0 Å². The molecule has 0 saturated heterocycles. The molecule has 1 unspecified atom stereocenters. The number of nitrogens with two attached hydrogens (primary N) is 1. The van der Waals surface area contributed by atoms with Crippen LogP contribution >= 0.6 is 23.4 Å². The number of hydrogen-bond donors (Lipinski definition) is 2. The monoisotopic (exact) mass is 575 g/mol. The Labute approximate surface area is 222 Å². The number of ether oxygens (including phenoxy) is 2. The molecule has 212 valence electrons. The van der Waals surface area contributed by atoms with Crippen LogP contribution in [0.1, 0.15) is 48.0 Å². The van der Waals surface area contributed by atoms with Crippen molar-refractivity contribution >= 4 is 40.4 Å². The van der Waals surface area contributed by atoms with Crippen molar-refractivity contribution < 1.29 is 31.8 Å². The van der Waals surface area contributed by atoms with E-state index in [0.29, 0.717) is 13.1 Å². The predicted molar refractivity (Wildman–Crippen MR) is 137 cm³/mol. The normalized spacial score (nSPS) is 12.1. The van der Waals surface area contributed by atoms with Gasteiger partial charge in [-0.05, 0) is 33.4 Å². The summed E-state index contributed by atoms with van der Waals surface area (Å²) in [5, 5.41) is -1.17. The smallest absolute Gasteiger partial charge is 0.425 e. The Morgan fingerprint density at radius 1 is 1.24 bits per heavy atom. The molecule has 3 N–H and O–H groups in total. The number of aromatic nitrogens is 3. The average molecular weight is 576 g/mol. The van der Waals surface area contributed by atoms with Crippen molar-refractivity contribution in [2.24, 2.45) is 5.73 Å². The van der Waals surface area contributed by atoms with Crippen molar-refractivity contribution in [1.29, 1.82) is 0 Å². The number of alkyl halides is 3. The molecule has 2 rings (SSSR count). The zero-order valence-electron chi connectivity index (χ0n) is 22.0. The number of thioether (sulfide) groups is 1. The van der Waals surface area contributed by atoms with Gasteiger partial charge >= 0.3 is 12.3 Å². The van der Waals surface area contributed by atoms with Gasteiger partial charge in [0.05, 0.1) is 0 Å². The zero-order chi connectivity index (χ0) is 29.1. The Morgan fingerprint density at radius 3 is 2.24 bits per heavy atom. The van der Waals surface area contributed by atoms with Crippen LogP contribution in [0.5, 0.6) is 5.88 Å². The molecule has 2 heterocycles. The summed E-state index contributed by atoms with van der Waals surface area (Å²) in [5.74, 6) is -1.81. The van der Waals surface area contributed by atoms with E-state index in [-0.39, 0.29) is 11.2 Å². The number of likely N-dealkylation sites (N-methyl/N-ethyl adjacent to an activating group) is 1. The van der Waals surface area contributed by atoms with Gasteiger partial charge < -0.3 is 25.1 Å². The summed E-state index contributed by atoms with van der Waals surface area (Å²) in [6.45, 7) is 11.7. The summed E-state index contributed by atoms with van der Waals surface area (Å²) in [6, 6.07) is 0. The third kappa shape index (κ3) is 10.9. The molecule has 1 atom stereocenters. The van der Waals surface area contributed by atoms with E-state index < -0.39 is 57.6 Å². The van der Waals surface area contributed by atoms with Crippen LogP contribution < -0.4 is 16.0 Å². The average Bonchev–Trinajstić information content (AvgIpc) is 2.80. The lowest BCUT2D eigenvalue weighted by Gasteiger charge is -2.24. The molecule has 1 amide bonds. The molecule has 15 heteroatoms. The number of H-pyrrole nitrogens is 1. The fraction of sp³-hybridized carbons (Fsp3) is 0.636. The lowest BCUT2D eigenvalue weighted by Crippen LogP contribution is -2.36. The highest BCUT2D eigenvalue weighted by Crippen LogP contribution is 2.32. The number of fused-ring (bicyclic) bond motifs is 1. The first-order valence-corrected chi connectivity index (χ1v) is 12.9. The minimum Gasteiger partial charge on any atom is -0.464 e. The third-order valence-corrected chi connectivity index (χ3v) is 4.88. The maximum absolute atomic E-state index is 14.0. The van der Waals surface area contributed by atoms with Crippen LogP contribution in [-0.2, 0) is 4.74 Å². The van der Waals surface area contributed by atoms with E-state index in [1.54, 1.807) is 13.3 Å². The summed E-state index contributed by atoms with van der Waals surface area (Å²) in [7, 11) is 1.67. The Morgan fingerprint density at radius 2 is 1.81 bits per heavy atom. The molecule has 2 aromatic rings. The summed E-state index contributed by atoms with van der Waals surface area (Å²) in [4.78, 5) is 34.2. The largest absolute Gasteiger partial charge is 0.464 e. The van der Waals surface area contributed by atoms with Crippen molar-refractivity contribution in [3.05, 3.63) is 21.3 Å². The molecule has 0 saturated carbocycles. The van der Waals surface area contributed by atoms with Crippen molar-refractivity contribution in [3.63, 3.8) is 0 Å². The van der Waals surface area contributed by atoms with Crippen LogP contribution in [0.15, 0.2) is 9.95 Å². The first-order chi connectivity index (χ1) is 17.0. The second-order valence-corrected chi connectivity index (χ2v) is 9.22. The summed E-state index contributed by atoms with van der Waals surface area (Å²) < 4.78 is 62.4. The molecule has 0 aromatic carbocycles. The van der Waals surface area contributed by atoms with E-state index in [9.17, 15) is 27.2 Å². The number of pyridine rings is 1. The van der Waals surface area contributed by atoms with Crippen molar-refractivity contribution in [1.82, 2.24) is 19.9 Å². The lowest BCUT2D eigenvalue weighted by molar-refractivity contribution is -0.196. The number of halogens is 5. The Kier molecular flexibility index (Phi) is 14.2. The van der Waals surface area contributed by atoms with Crippen LogP contribution in [0.4, 0.5) is 22.4 Å². The highest BCUT2D eigenvalue weighted by Gasteiger charge is 2.41. The second kappa shape index (κ2) is 15.2. The molecule has 0 aliphatic carbocycles. The van der Waals surface area contributed by atoms with Crippen molar-refractivity contribution in [2.75, 3.05) is 26.4 Å². The number of carbonyl (C=O) groups excluding carboxylic acids is 1. The number of rotatable bonds is 6. The number of nitrogens with zero attached hydrogens (tertiary/aromatic N) is 3. The maximum atomic E-state index is 14.0. The van der Waals surface area contributed by atoms with Gasteiger partial charge in [-0.3, -0.25) is 4.79 Å². The van der Waals surface area contributed by atoms with Gasteiger partial charge in [-0.1, -0.05) is 44.1 Å². The Hall–Kier alpha value is -2.32. The van der Waals surface area contributed by atoms with E-state index in [1.165, 1.54) is 11.8 Å². The number of hydrogen-bond acceptors (Lipinski definition) is 8. The Bertz CT molecular complexity index is 1080. The maximum Gasteiger partial charge on any atom is 0.425 e. The van der Waals surface area contributed by atoms with Gasteiger partial charge in [0.2, 0.25) is 5.88 Å². The van der Waals surface area contributed by atoms with E-state index in [0.717, 1.165) is 11.8 Å². The van der Waals surface area contributed by atoms with E-state index in [1.807, 2.05) is 34.6 Å². The molecule has 0 bridgehead atoms. The van der Waals surface area contributed by atoms with Crippen molar-refractivity contribution in [3.8, 4) is 5.88 Å². The van der Waals surface area contributed by atoms with Gasteiger partial charge in [0.25, 0.3) is 5.56 Å². The van der Waals surface area contributed by atoms with Crippen molar-refractivity contribution in [2.45, 2.75) is 71.0 Å². The van der Waals surface area contributed by atoms with Crippen LogP contribution in [0, 0.1) is 5.82 Å². The lowest BCUT2D eigenvalue weighted by atomic mass is 10.2. The van der Waals surface area contributed by atoms with E-state index in [4.69, 9.17) is 26.8 Å². The molecule has 9 nitrogen and oxygen atoms in total. The zero-order valence-corrected chi connectivity index (χ0v) is 23.6. The second-order valence-electron chi connectivity index (χ2n) is 8.07. The first kappa shape index (κ1) is 34.7. The third-order valence-electron chi connectivity index (χ3n) is 4.05. The molecule has 37 heavy (non-hydrogen) atoms. The standard InChI is InChI=1S/C12H10ClF4N3O2S.C8H18N2O2.C2H6/c1-3-4(12(15,16)17)22-10-5-7(6(14)8(13)19-10)18-11(23-2)20-9(5)21;1-8(2,3)12-7(11)10(4)6-5-9;1-2/h4H,3H2,1-2H3,(H,18,20,21);5-6,9H2,1-4H3;1-2H3. The topological polar surface area (TPSA) is 123 Å². The predicted octanol–water partition coefficient (Wildman–Crippen LogP) is 5.39. The van der Waals surface area contributed by atoms with Gasteiger partial charge in [-0.2, -0.15) is 18.2 Å². The number of aromatic amines is 1. The molecule has 0 spiro atoms. The van der Waals surface area contributed by atoms with E-state index >= 15 is 0 Å². The fourth-order valence-electron chi connectivity index (χ4n) is 2.42. The van der Waals surface area contributed by atoms with Crippen LogP contribution in [0.25, 0.3) is 10.9 Å². The first-order valence-electron chi connectivity index (χ1n) is 11.3. The van der Waals surface area contributed by atoms with Gasteiger partial charge in [0.15, 0.2) is 22.2 Å². The van der Waals surface area contributed by atoms with Crippen LogP contribution in [0.2, 0.25) is 5.15 Å². The Balaban J connectivity index is 0.000000786. The van der Waals surface area contributed by atoms with Gasteiger partial charge in [0, 0.05) is 20.1 Å². The fourth-order valence-corrected chi connectivity index (χ4v) is 2.97. The summed E-state index contributed by atoms with van der Waals surface area (Å²) in [6.07, 6.45) is -6.05. The molecular weight excluding hydrogens is 542 g/mol. The van der Waals surface area contributed by atoms with Crippen LogP contribution in [-0.4, -0.2) is 70.2 Å². The number of carbonyl (C=O) groups is 1. The van der Waals surface area contributed by atoms with Gasteiger partial charge in [0.1, 0.15) is 16.5 Å². The molecule has 2 aromatic heterocycles. The molecule has 0 radical (unpaired) electrons. The molecule has 0 fully saturated rings. The van der Waals surface area contributed by atoms with Gasteiger partial charge in [-0.25, -0.2) is 14.2 Å². The summed E-state index contributed by atoms with van der Waals surface area (Å²) >= 11 is 6.60. The number of amides is 1. The minimum absolute atomic E-state index is 0.0810. The molecular formula is C22H34ClF4N5O4S. The highest BCUT2D eigenvalue weighted by molar-refractivity contribution is 7.98. The molecule has 0 aliphatic heterocycles. The SMILES string of the molecule is CC.CCC(Oc1nc(Cl)c(F)c2nc(SC)[nH]c(=O)c12)C(F)(F)F.CN(CCN)C(=O)OC(C)(C)C. The number of nitrogens with one attached hydrogen (secondary N) is 1. The summed E-state index contributed by atoms with van der Waals surface area (Å²) in [5.41, 5.74) is 3.49. The van der Waals surface area contributed by atoms with E-state index in [2.05, 4.69) is 15.0 Å². The molecule has 0 aliphatic rings. The van der Waals surface area contributed by atoms with Crippen LogP contribution in [0.3, 0.4) is 0 Å². The minimum atomic E-state index is -4.68. The quantitative estimate of drug-likeness (QED) is 0.203. The highest BCUT2D eigenvalue weighted by atomic mass is 35.5.